The SMILES string of the molecule is CNC(=O)c1cnc(N)c2ccccc12. The highest BCUT2D eigenvalue weighted by Gasteiger charge is 2.10. The number of benzene rings is 1. The van der Waals surface area contributed by atoms with Gasteiger partial charge in [0.25, 0.3) is 5.91 Å². The van der Waals surface area contributed by atoms with Crippen LogP contribution < -0.4 is 11.1 Å². The molecule has 0 saturated heterocycles. The maximum Gasteiger partial charge on any atom is 0.253 e. The van der Waals surface area contributed by atoms with Crippen molar-refractivity contribution in [1.29, 1.82) is 0 Å². The largest absolute Gasteiger partial charge is 0.383 e. The number of carbonyl (C=O) groups excluding carboxylic acids is 1. The number of nitrogens with two attached hydrogens (primary N) is 1. The van der Waals surface area contributed by atoms with Gasteiger partial charge in [0, 0.05) is 18.6 Å². The Morgan fingerprint density at radius 2 is 2.00 bits per heavy atom. The third kappa shape index (κ3) is 1.50. The molecule has 0 saturated carbocycles. The number of carbonyl (C=O) groups is 1. The number of hydrogen-bond acceptors (Lipinski definition) is 3. The zero-order valence-corrected chi connectivity index (χ0v) is 8.32. The Bertz CT molecular complexity index is 522. The van der Waals surface area contributed by atoms with Gasteiger partial charge in [-0.2, -0.15) is 0 Å². The van der Waals surface area contributed by atoms with Gasteiger partial charge in [0.05, 0.1) is 5.56 Å². The van der Waals surface area contributed by atoms with E-state index in [1.165, 1.54) is 6.20 Å². The summed E-state index contributed by atoms with van der Waals surface area (Å²) >= 11 is 0. The number of anilines is 1. The van der Waals surface area contributed by atoms with Crippen molar-refractivity contribution in [2.75, 3.05) is 12.8 Å². The summed E-state index contributed by atoms with van der Waals surface area (Å²) in [6, 6.07) is 7.45. The number of nitrogen functional groups attached to an aromatic ring is 1. The summed E-state index contributed by atoms with van der Waals surface area (Å²) in [5, 5.41) is 4.20. The van der Waals surface area contributed by atoms with Crippen LogP contribution in [0.5, 0.6) is 0 Å². The number of nitrogens with zero attached hydrogens (tertiary/aromatic N) is 1. The minimum Gasteiger partial charge on any atom is -0.383 e. The molecule has 0 fully saturated rings. The number of aromatic nitrogens is 1. The van der Waals surface area contributed by atoms with Gasteiger partial charge < -0.3 is 11.1 Å². The molecular formula is C11H11N3O. The fraction of sp³-hybridized carbons (Fsp3) is 0.0909. The van der Waals surface area contributed by atoms with Crippen LogP contribution in [0.15, 0.2) is 30.5 Å². The van der Waals surface area contributed by atoms with E-state index in [0.717, 1.165) is 10.8 Å². The van der Waals surface area contributed by atoms with Crippen LogP contribution in [0, 0.1) is 0 Å². The van der Waals surface area contributed by atoms with Crippen LogP contribution in [0.2, 0.25) is 0 Å². The first kappa shape index (κ1) is 9.45. The fourth-order valence-electron chi connectivity index (χ4n) is 1.53. The molecule has 0 aliphatic carbocycles. The van der Waals surface area contributed by atoms with Crippen LogP contribution in [-0.2, 0) is 0 Å². The first-order valence-electron chi connectivity index (χ1n) is 4.59. The average Bonchev–Trinajstić information content (AvgIpc) is 2.29. The molecule has 76 valence electrons. The van der Waals surface area contributed by atoms with Crippen LogP contribution in [0.25, 0.3) is 10.8 Å². The van der Waals surface area contributed by atoms with Gasteiger partial charge in [-0.05, 0) is 5.39 Å². The second-order valence-corrected chi connectivity index (χ2v) is 3.18. The maximum absolute atomic E-state index is 11.5. The topological polar surface area (TPSA) is 68.0 Å². The Labute approximate surface area is 87.1 Å². The number of pyridine rings is 1. The Morgan fingerprint density at radius 3 is 2.67 bits per heavy atom. The number of fused-ring (bicyclic) bond motifs is 1. The van der Waals surface area contributed by atoms with Crippen molar-refractivity contribution >= 4 is 22.5 Å². The van der Waals surface area contributed by atoms with Crippen molar-refractivity contribution in [3.63, 3.8) is 0 Å². The molecule has 0 aliphatic heterocycles. The second kappa shape index (κ2) is 3.57. The Balaban J connectivity index is 2.77. The van der Waals surface area contributed by atoms with Gasteiger partial charge in [-0.3, -0.25) is 4.79 Å². The summed E-state index contributed by atoms with van der Waals surface area (Å²) in [5.74, 6) is 0.289. The van der Waals surface area contributed by atoms with E-state index in [4.69, 9.17) is 5.73 Å². The van der Waals surface area contributed by atoms with Crippen molar-refractivity contribution in [2.24, 2.45) is 0 Å². The standard InChI is InChI=1S/C11H11N3O/c1-13-11(15)9-6-14-10(12)8-5-3-2-4-7(8)9/h2-6H,1H3,(H2,12,14)(H,13,15). The van der Waals surface area contributed by atoms with Crippen LogP contribution in [0.3, 0.4) is 0 Å². The highest BCUT2D eigenvalue weighted by atomic mass is 16.1. The molecule has 15 heavy (non-hydrogen) atoms. The Kier molecular flexibility index (Phi) is 2.25. The van der Waals surface area contributed by atoms with Crippen molar-refractivity contribution < 1.29 is 4.79 Å². The molecule has 0 atom stereocenters. The van der Waals surface area contributed by atoms with Gasteiger partial charge in [-0.15, -0.1) is 0 Å². The summed E-state index contributed by atoms with van der Waals surface area (Å²) in [6.45, 7) is 0. The van der Waals surface area contributed by atoms with Crippen molar-refractivity contribution in [3.05, 3.63) is 36.0 Å². The van der Waals surface area contributed by atoms with Crippen LogP contribution in [0.1, 0.15) is 10.4 Å². The molecule has 1 aromatic carbocycles. The zero-order chi connectivity index (χ0) is 10.8. The average molecular weight is 201 g/mol. The quantitative estimate of drug-likeness (QED) is 0.727. The van der Waals surface area contributed by atoms with Gasteiger partial charge in [0.2, 0.25) is 0 Å². The van der Waals surface area contributed by atoms with E-state index in [0.29, 0.717) is 11.4 Å². The molecule has 0 aliphatic rings. The van der Waals surface area contributed by atoms with E-state index in [-0.39, 0.29) is 5.91 Å². The molecule has 4 heteroatoms. The third-order valence-electron chi connectivity index (χ3n) is 2.30. The van der Waals surface area contributed by atoms with Crippen LogP contribution >= 0.6 is 0 Å². The number of rotatable bonds is 1. The summed E-state index contributed by atoms with van der Waals surface area (Å²) in [7, 11) is 1.59. The van der Waals surface area contributed by atoms with E-state index in [1.807, 2.05) is 24.3 Å². The molecule has 2 rings (SSSR count). The predicted octanol–water partition coefficient (Wildman–Crippen LogP) is 1.18. The maximum atomic E-state index is 11.5. The predicted molar refractivity (Wildman–Crippen MR) is 59.5 cm³/mol. The summed E-state index contributed by atoms with van der Waals surface area (Å²) < 4.78 is 0. The summed E-state index contributed by atoms with van der Waals surface area (Å²) in [5.41, 5.74) is 6.27. The van der Waals surface area contributed by atoms with Crippen molar-refractivity contribution in [2.45, 2.75) is 0 Å². The van der Waals surface area contributed by atoms with Crippen LogP contribution in [-0.4, -0.2) is 17.9 Å². The molecule has 4 nitrogen and oxygen atoms in total. The summed E-state index contributed by atoms with van der Waals surface area (Å²) in [4.78, 5) is 15.5. The lowest BCUT2D eigenvalue weighted by Crippen LogP contribution is -2.18. The Hall–Kier alpha value is -2.10. The lowest BCUT2D eigenvalue weighted by atomic mass is 10.1. The van der Waals surface area contributed by atoms with Gasteiger partial charge in [0.15, 0.2) is 0 Å². The molecule has 0 bridgehead atoms. The lowest BCUT2D eigenvalue weighted by molar-refractivity contribution is 0.0964. The molecular weight excluding hydrogens is 190 g/mol. The van der Waals surface area contributed by atoms with Crippen molar-refractivity contribution in [1.82, 2.24) is 10.3 Å². The van der Waals surface area contributed by atoms with E-state index < -0.39 is 0 Å². The molecule has 1 amide bonds. The fourth-order valence-corrected chi connectivity index (χ4v) is 1.53. The monoisotopic (exact) mass is 201 g/mol. The van der Waals surface area contributed by atoms with Gasteiger partial charge in [0.1, 0.15) is 5.82 Å². The second-order valence-electron chi connectivity index (χ2n) is 3.18. The lowest BCUT2D eigenvalue weighted by Gasteiger charge is -2.06. The smallest absolute Gasteiger partial charge is 0.253 e. The third-order valence-corrected chi connectivity index (χ3v) is 2.30. The highest BCUT2D eigenvalue weighted by molar-refractivity contribution is 6.08. The first-order valence-corrected chi connectivity index (χ1v) is 4.59. The van der Waals surface area contributed by atoms with E-state index >= 15 is 0 Å². The minimum absolute atomic E-state index is 0.154. The molecule has 0 spiro atoms. The van der Waals surface area contributed by atoms with Gasteiger partial charge in [-0.25, -0.2) is 4.98 Å². The molecule has 2 aromatic rings. The van der Waals surface area contributed by atoms with E-state index in [9.17, 15) is 4.79 Å². The minimum atomic E-state index is -0.154. The first-order chi connectivity index (χ1) is 7.24. The molecule has 1 aromatic heterocycles. The van der Waals surface area contributed by atoms with E-state index in [2.05, 4.69) is 10.3 Å². The zero-order valence-electron chi connectivity index (χ0n) is 8.32. The number of hydrogen-bond donors (Lipinski definition) is 2. The van der Waals surface area contributed by atoms with E-state index in [1.54, 1.807) is 7.05 Å². The molecule has 3 N–H and O–H groups in total. The normalized spacial score (nSPS) is 10.2. The number of nitrogens with one attached hydrogen (secondary N) is 1. The highest BCUT2D eigenvalue weighted by Crippen LogP contribution is 2.21. The van der Waals surface area contributed by atoms with Gasteiger partial charge >= 0.3 is 0 Å². The molecule has 1 heterocycles. The van der Waals surface area contributed by atoms with Crippen molar-refractivity contribution in [3.8, 4) is 0 Å². The van der Waals surface area contributed by atoms with Crippen LogP contribution in [0.4, 0.5) is 5.82 Å². The molecule has 0 unspecified atom stereocenters. The molecule has 0 radical (unpaired) electrons. The number of amides is 1. The Morgan fingerprint density at radius 1 is 1.33 bits per heavy atom. The van der Waals surface area contributed by atoms with Gasteiger partial charge in [-0.1, -0.05) is 24.3 Å². The summed E-state index contributed by atoms with van der Waals surface area (Å²) in [6.07, 6.45) is 1.50.